The first-order chi connectivity index (χ1) is 6.81. The SMILES string of the molecule is CCCCCCC(C)OCCCC#N. The first-order valence-corrected chi connectivity index (χ1v) is 5.79. The van der Waals surface area contributed by atoms with Crippen molar-refractivity contribution in [2.75, 3.05) is 6.61 Å². The van der Waals surface area contributed by atoms with E-state index in [9.17, 15) is 0 Å². The summed E-state index contributed by atoms with van der Waals surface area (Å²) in [5, 5.41) is 8.33. The molecular weight excluding hydrogens is 174 g/mol. The molecule has 0 aliphatic heterocycles. The second-order valence-corrected chi connectivity index (χ2v) is 3.79. The van der Waals surface area contributed by atoms with E-state index in [1.165, 1.54) is 25.7 Å². The van der Waals surface area contributed by atoms with Gasteiger partial charge in [-0.1, -0.05) is 32.6 Å². The molecule has 0 bridgehead atoms. The third-order valence-electron chi connectivity index (χ3n) is 2.30. The van der Waals surface area contributed by atoms with Crippen LogP contribution in [0.1, 0.15) is 58.8 Å². The topological polar surface area (TPSA) is 33.0 Å². The zero-order valence-electron chi connectivity index (χ0n) is 9.59. The van der Waals surface area contributed by atoms with Crippen molar-refractivity contribution in [2.45, 2.75) is 64.9 Å². The van der Waals surface area contributed by atoms with E-state index in [1.807, 2.05) is 0 Å². The highest BCUT2D eigenvalue weighted by Gasteiger charge is 2.00. The Morgan fingerprint density at radius 1 is 1.21 bits per heavy atom. The van der Waals surface area contributed by atoms with Crippen LogP contribution in [0.5, 0.6) is 0 Å². The quantitative estimate of drug-likeness (QED) is 0.528. The van der Waals surface area contributed by atoms with Crippen LogP contribution in [0.15, 0.2) is 0 Å². The van der Waals surface area contributed by atoms with Gasteiger partial charge in [0.2, 0.25) is 0 Å². The summed E-state index contributed by atoms with van der Waals surface area (Å²) in [4.78, 5) is 0. The van der Waals surface area contributed by atoms with Crippen LogP contribution in [0.3, 0.4) is 0 Å². The molecule has 14 heavy (non-hydrogen) atoms. The summed E-state index contributed by atoms with van der Waals surface area (Å²) in [6, 6.07) is 2.12. The maximum atomic E-state index is 8.33. The first kappa shape index (κ1) is 13.4. The Morgan fingerprint density at radius 2 is 2.00 bits per heavy atom. The molecule has 0 aromatic heterocycles. The van der Waals surface area contributed by atoms with Crippen LogP contribution in [0.2, 0.25) is 0 Å². The minimum absolute atomic E-state index is 0.366. The number of rotatable bonds is 9. The predicted octanol–water partition coefficient (Wildman–Crippen LogP) is 3.67. The van der Waals surface area contributed by atoms with Crippen molar-refractivity contribution >= 4 is 0 Å². The fraction of sp³-hybridized carbons (Fsp3) is 0.917. The molecule has 0 rings (SSSR count). The Labute approximate surface area is 88.3 Å². The summed E-state index contributed by atoms with van der Waals surface area (Å²) in [6.07, 6.45) is 8.23. The molecule has 1 unspecified atom stereocenters. The Hall–Kier alpha value is -0.550. The van der Waals surface area contributed by atoms with Gasteiger partial charge in [-0.05, 0) is 19.8 Å². The molecule has 2 heteroatoms. The van der Waals surface area contributed by atoms with Crippen molar-refractivity contribution < 1.29 is 4.74 Å². The van der Waals surface area contributed by atoms with Gasteiger partial charge in [0.15, 0.2) is 0 Å². The van der Waals surface area contributed by atoms with Gasteiger partial charge in [0.05, 0.1) is 12.2 Å². The lowest BCUT2D eigenvalue weighted by Crippen LogP contribution is -2.08. The Morgan fingerprint density at radius 3 is 2.64 bits per heavy atom. The van der Waals surface area contributed by atoms with Crippen LogP contribution < -0.4 is 0 Å². The van der Waals surface area contributed by atoms with E-state index in [0.29, 0.717) is 12.5 Å². The van der Waals surface area contributed by atoms with Crippen molar-refractivity contribution in [1.29, 1.82) is 5.26 Å². The van der Waals surface area contributed by atoms with E-state index < -0.39 is 0 Å². The largest absolute Gasteiger partial charge is 0.378 e. The van der Waals surface area contributed by atoms with E-state index >= 15 is 0 Å². The van der Waals surface area contributed by atoms with Crippen molar-refractivity contribution in [3.8, 4) is 6.07 Å². The van der Waals surface area contributed by atoms with Crippen molar-refractivity contribution in [1.82, 2.24) is 0 Å². The molecule has 0 radical (unpaired) electrons. The number of unbranched alkanes of at least 4 members (excludes halogenated alkanes) is 4. The molecule has 0 aliphatic carbocycles. The standard InChI is InChI=1S/C12H23NO/c1-3-4-5-6-9-12(2)14-11-8-7-10-13/h12H,3-9,11H2,1-2H3. The highest BCUT2D eigenvalue weighted by atomic mass is 16.5. The Balaban J connectivity index is 3.12. The van der Waals surface area contributed by atoms with Gasteiger partial charge in [-0.2, -0.15) is 5.26 Å². The smallest absolute Gasteiger partial charge is 0.0622 e. The number of ether oxygens (including phenoxy) is 1. The van der Waals surface area contributed by atoms with Crippen LogP contribution in [0.4, 0.5) is 0 Å². The van der Waals surface area contributed by atoms with Gasteiger partial charge in [-0.25, -0.2) is 0 Å². The highest BCUT2D eigenvalue weighted by molar-refractivity contribution is 4.67. The van der Waals surface area contributed by atoms with Crippen LogP contribution >= 0.6 is 0 Å². The normalized spacial score (nSPS) is 12.4. The van der Waals surface area contributed by atoms with E-state index in [-0.39, 0.29) is 0 Å². The number of hydrogen-bond donors (Lipinski definition) is 0. The molecular formula is C12H23NO. The maximum Gasteiger partial charge on any atom is 0.0622 e. The maximum absolute atomic E-state index is 8.33. The Bertz CT molecular complexity index is 151. The van der Waals surface area contributed by atoms with Gasteiger partial charge in [-0.3, -0.25) is 0 Å². The second-order valence-electron chi connectivity index (χ2n) is 3.79. The van der Waals surface area contributed by atoms with Crippen molar-refractivity contribution in [3.63, 3.8) is 0 Å². The minimum Gasteiger partial charge on any atom is -0.378 e. The van der Waals surface area contributed by atoms with Gasteiger partial charge in [0, 0.05) is 13.0 Å². The third kappa shape index (κ3) is 9.54. The number of nitriles is 1. The van der Waals surface area contributed by atoms with Crippen LogP contribution in [0, 0.1) is 11.3 Å². The molecule has 0 spiro atoms. The summed E-state index contributed by atoms with van der Waals surface area (Å²) in [5.74, 6) is 0. The van der Waals surface area contributed by atoms with Gasteiger partial charge in [0.25, 0.3) is 0 Å². The van der Waals surface area contributed by atoms with E-state index in [0.717, 1.165) is 19.4 Å². The van der Waals surface area contributed by atoms with Gasteiger partial charge >= 0.3 is 0 Å². The molecule has 0 aromatic rings. The average Bonchev–Trinajstić information content (AvgIpc) is 2.19. The van der Waals surface area contributed by atoms with Crippen molar-refractivity contribution in [2.24, 2.45) is 0 Å². The molecule has 0 saturated carbocycles. The third-order valence-corrected chi connectivity index (χ3v) is 2.30. The summed E-state index contributed by atoms with van der Waals surface area (Å²) in [7, 11) is 0. The summed E-state index contributed by atoms with van der Waals surface area (Å²) < 4.78 is 5.57. The fourth-order valence-electron chi connectivity index (χ4n) is 1.38. The molecule has 1 atom stereocenters. The Kier molecular flexibility index (Phi) is 10.1. The van der Waals surface area contributed by atoms with Crippen LogP contribution in [0.25, 0.3) is 0 Å². The summed E-state index contributed by atoms with van der Waals surface area (Å²) >= 11 is 0. The van der Waals surface area contributed by atoms with E-state index in [2.05, 4.69) is 19.9 Å². The first-order valence-electron chi connectivity index (χ1n) is 5.79. The minimum atomic E-state index is 0.366. The highest BCUT2D eigenvalue weighted by Crippen LogP contribution is 2.08. The molecule has 0 fully saturated rings. The molecule has 0 amide bonds. The van der Waals surface area contributed by atoms with Gasteiger partial charge in [-0.15, -0.1) is 0 Å². The molecule has 2 nitrogen and oxygen atoms in total. The van der Waals surface area contributed by atoms with Crippen molar-refractivity contribution in [3.05, 3.63) is 0 Å². The molecule has 0 saturated heterocycles. The summed E-state index contributed by atoms with van der Waals surface area (Å²) in [6.45, 7) is 5.09. The molecule has 0 aromatic carbocycles. The average molecular weight is 197 g/mol. The monoisotopic (exact) mass is 197 g/mol. The van der Waals surface area contributed by atoms with Gasteiger partial charge < -0.3 is 4.74 Å². The summed E-state index contributed by atoms with van der Waals surface area (Å²) in [5.41, 5.74) is 0. The lowest BCUT2D eigenvalue weighted by atomic mass is 10.1. The number of hydrogen-bond acceptors (Lipinski definition) is 2. The molecule has 82 valence electrons. The lowest BCUT2D eigenvalue weighted by Gasteiger charge is -2.11. The molecule has 0 heterocycles. The van der Waals surface area contributed by atoms with E-state index in [4.69, 9.17) is 10.00 Å². The zero-order chi connectivity index (χ0) is 10.6. The fourth-order valence-corrected chi connectivity index (χ4v) is 1.38. The van der Waals surface area contributed by atoms with Crippen LogP contribution in [-0.2, 0) is 4.74 Å². The van der Waals surface area contributed by atoms with Crippen LogP contribution in [-0.4, -0.2) is 12.7 Å². The lowest BCUT2D eigenvalue weighted by molar-refractivity contribution is 0.0575. The molecule has 0 N–H and O–H groups in total. The molecule has 0 aliphatic rings. The zero-order valence-corrected chi connectivity index (χ0v) is 9.59. The van der Waals surface area contributed by atoms with Gasteiger partial charge in [0.1, 0.15) is 0 Å². The predicted molar refractivity (Wildman–Crippen MR) is 59.0 cm³/mol. The second kappa shape index (κ2) is 10.5. The van der Waals surface area contributed by atoms with E-state index in [1.54, 1.807) is 0 Å². The number of nitrogens with zero attached hydrogens (tertiary/aromatic N) is 1.